The Labute approximate surface area is 95.3 Å². The summed E-state index contributed by atoms with van der Waals surface area (Å²) >= 11 is 0. The smallest absolute Gasteiger partial charge is 0.341 e. The second-order valence-corrected chi connectivity index (χ2v) is 3.95. The van der Waals surface area contributed by atoms with E-state index in [9.17, 15) is 4.79 Å². The van der Waals surface area contributed by atoms with Crippen molar-refractivity contribution in [3.63, 3.8) is 0 Å². The summed E-state index contributed by atoms with van der Waals surface area (Å²) in [6.07, 6.45) is 0. The van der Waals surface area contributed by atoms with Crippen LogP contribution in [-0.4, -0.2) is 19.7 Å². The molecule has 0 heterocycles. The van der Waals surface area contributed by atoms with Gasteiger partial charge in [0.05, 0.1) is 13.7 Å². The van der Waals surface area contributed by atoms with Crippen molar-refractivity contribution in [3.8, 4) is 5.75 Å². The van der Waals surface area contributed by atoms with Crippen molar-refractivity contribution in [3.05, 3.63) is 23.8 Å². The highest BCUT2D eigenvalue weighted by molar-refractivity contribution is 5.93. The van der Waals surface area contributed by atoms with Gasteiger partial charge in [0, 0.05) is 11.8 Å². The molecular formula is C12H17NO3. The fourth-order valence-electron chi connectivity index (χ4n) is 1.20. The van der Waals surface area contributed by atoms with E-state index in [-0.39, 0.29) is 5.97 Å². The Bertz CT molecular complexity index is 375. The Kier molecular flexibility index (Phi) is 4.17. The van der Waals surface area contributed by atoms with Gasteiger partial charge in [0.15, 0.2) is 0 Å². The molecule has 0 unspecified atom stereocenters. The Morgan fingerprint density at radius 3 is 2.69 bits per heavy atom. The first-order chi connectivity index (χ1) is 7.54. The third-order valence-electron chi connectivity index (χ3n) is 1.99. The number of anilines is 1. The average Bonchev–Trinajstić information content (AvgIpc) is 2.25. The second-order valence-electron chi connectivity index (χ2n) is 3.95. The third-order valence-corrected chi connectivity index (χ3v) is 1.99. The SMILES string of the molecule is COc1cc(N)ccc1C(=O)OCC(C)C. The summed E-state index contributed by atoms with van der Waals surface area (Å²) in [7, 11) is 1.49. The molecule has 0 amide bonds. The molecule has 0 aliphatic rings. The number of benzene rings is 1. The summed E-state index contributed by atoms with van der Waals surface area (Å²) in [6.45, 7) is 4.35. The first-order valence-corrected chi connectivity index (χ1v) is 5.15. The number of carbonyl (C=O) groups is 1. The van der Waals surface area contributed by atoms with E-state index in [1.165, 1.54) is 7.11 Å². The fourth-order valence-corrected chi connectivity index (χ4v) is 1.20. The van der Waals surface area contributed by atoms with Crippen LogP contribution in [0.3, 0.4) is 0 Å². The summed E-state index contributed by atoms with van der Waals surface area (Å²) in [5.41, 5.74) is 6.55. The summed E-state index contributed by atoms with van der Waals surface area (Å²) in [4.78, 5) is 11.7. The van der Waals surface area contributed by atoms with Crippen LogP contribution in [-0.2, 0) is 4.74 Å². The van der Waals surface area contributed by atoms with Crippen LogP contribution in [0.5, 0.6) is 5.75 Å². The molecule has 4 nitrogen and oxygen atoms in total. The number of hydrogen-bond acceptors (Lipinski definition) is 4. The van der Waals surface area contributed by atoms with Gasteiger partial charge in [0.2, 0.25) is 0 Å². The standard InChI is InChI=1S/C12H17NO3/c1-8(2)7-16-12(14)10-5-4-9(13)6-11(10)15-3/h4-6,8H,7,13H2,1-3H3. The van der Waals surface area contributed by atoms with Gasteiger partial charge in [-0.15, -0.1) is 0 Å². The summed E-state index contributed by atoms with van der Waals surface area (Å²) in [5.74, 6) is 0.364. The van der Waals surface area contributed by atoms with Crippen LogP contribution >= 0.6 is 0 Å². The van der Waals surface area contributed by atoms with Gasteiger partial charge in [-0.1, -0.05) is 13.8 Å². The molecule has 0 atom stereocenters. The Hall–Kier alpha value is -1.71. The molecule has 0 spiro atoms. The molecule has 0 aliphatic heterocycles. The molecule has 1 rings (SSSR count). The minimum absolute atomic E-state index is 0.309. The van der Waals surface area contributed by atoms with Crippen LogP contribution < -0.4 is 10.5 Å². The molecule has 0 radical (unpaired) electrons. The topological polar surface area (TPSA) is 61.5 Å². The lowest BCUT2D eigenvalue weighted by Gasteiger charge is -2.10. The molecule has 0 fully saturated rings. The zero-order valence-corrected chi connectivity index (χ0v) is 9.82. The third kappa shape index (κ3) is 3.15. The van der Waals surface area contributed by atoms with E-state index in [0.717, 1.165) is 0 Å². The second kappa shape index (κ2) is 5.39. The number of nitrogen functional groups attached to an aromatic ring is 1. The van der Waals surface area contributed by atoms with Gasteiger partial charge >= 0.3 is 5.97 Å². The highest BCUT2D eigenvalue weighted by Gasteiger charge is 2.14. The molecule has 1 aromatic carbocycles. The van der Waals surface area contributed by atoms with Crippen molar-refractivity contribution < 1.29 is 14.3 Å². The van der Waals surface area contributed by atoms with Gasteiger partial charge in [-0.05, 0) is 18.1 Å². The van der Waals surface area contributed by atoms with E-state index in [1.807, 2.05) is 13.8 Å². The van der Waals surface area contributed by atoms with E-state index in [2.05, 4.69) is 0 Å². The lowest BCUT2D eigenvalue weighted by molar-refractivity contribution is 0.0455. The van der Waals surface area contributed by atoms with Crippen LogP contribution in [0, 0.1) is 5.92 Å². The van der Waals surface area contributed by atoms with E-state index >= 15 is 0 Å². The summed E-state index contributed by atoms with van der Waals surface area (Å²) < 4.78 is 10.2. The monoisotopic (exact) mass is 223 g/mol. The normalized spacial score (nSPS) is 10.2. The van der Waals surface area contributed by atoms with E-state index in [0.29, 0.717) is 29.5 Å². The van der Waals surface area contributed by atoms with Crippen molar-refractivity contribution >= 4 is 11.7 Å². The zero-order valence-electron chi connectivity index (χ0n) is 9.82. The van der Waals surface area contributed by atoms with Crippen LogP contribution in [0.1, 0.15) is 24.2 Å². The molecule has 1 aromatic rings. The lowest BCUT2D eigenvalue weighted by atomic mass is 10.2. The van der Waals surface area contributed by atoms with Gasteiger partial charge in [-0.25, -0.2) is 4.79 Å². The predicted octanol–water partition coefficient (Wildman–Crippen LogP) is 2.09. The molecule has 0 aliphatic carbocycles. The van der Waals surface area contributed by atoms with Crippen LogP contribution in [0.25, 0.3) is 0 Å². The van der Waals surface area contributed by atoms with E-state index in [1.54, 1.807) is 18.2 Å². The first-order valence-electron chi connectivity index (χ1n) is 5.15. The van der Waals surface area contributed by atoms with Crippen molar-refractivity contribution in [2.75, 3.05) is 19.5 Å². The minimum Gasteiger partial charge on any atom is -0.496 e. The quantitative estimate of drug-likeness (QED) is 0.627. The maximum Gasteiger partial charge on any atom is 0.341 e. The van der Waals surface area contributed by atoms with Gasteiger partial charge in [0.25, 0.3) is 0 Å². The fraction of sp³-hybridized carbons (Fsp3) is 0.417. The molecule has 4 heteroatoms. The average molecular weight is 223 g/mol. The van der Waals surface area contributed by atoms with Crippen molar-refractivity contribution in [1.82, 2.24) is 0 Å². The molecule has 0 saturated heterocycles. The van der Waals surface area contributed by atoms with Gasteiger partial charge in [-0.2, -0.15) is 0 Å². The number of rotatable bonds is 4. The Morgan fingerprint density at radius 1 is 1.44 bits per heavy atom. The lowest BCUT2D eigenvalue weighted by Crippen LogP contribution is -2.11. The minimum atomic E-state index is -0.384. The first kappa shape index (κ1) is 12.4. The highest BCUT2D eigenvalue weighted by atomic mass is 16.5. The molecule has 0 bridgehead atoms. The van der Waals surface area contributed by atoms with Crippen LogP contribution in [0.2, 0.25) is 0 Å². The van der Waals surface area contributed by atoms with Crippen LogP contribution in [0.4, 0.5) is 5.69 Å². The number of ether oxygens (including phenoxy) is 2. The predicted molar refractivity (Wildman–Crippen MR) is 62.5 cm³/mol. The molecular weight excluding hydrogens is 206 g/mol. The van der Waals surface area contributed by atoms with Crippen molar-refractivity contribution in [2.24, 2.45) is 5.92 Å². The number of nitrogens with two attached hydrogens (primary N) is 1. The maximum absolute atomic E-state index is 11.7. The molecule has 2 N–H and O–H groups in total. The Balaban J connectivity index is 2.82. The van der Waals surface area contributed by atoms with Crippen LogP contribution in [0.15, 0.2) is 18.2 Å². The highest BCUT2D eigenvalue weighted by Crippen LogP contribution is 2.22. The molecule has 0 saturated carbocycles. The zero-order chi connectivity index (χ0) is 12.1. The number of esters is 1. The van der Waals surface area contributed by atoms with Gasteiger partial charge in [-0.3, -0.25) is 0 Å². The van der Waals surface area contributed by atoms with Gasteiger partial charge < -0.3 is 15.2 Å². The number of methoxy groups -OCH3 is 1. The van der Waals surface area contributed by atoms with Crippen molar-refractivity contribution in [1.29, 1.82) is 0 Å². The molecule has 16 heavy (non-hydrogen) atoms. The summed E-state index contributed by atoms with van der Waals surface area (Å²) in [6, 6.07) is 4.86. The van der Waals surface area contributed by atoms with E-state index in [4.69, 9.17) is 15.2 Å². The maximum atomic E-state index is 11.7. The molecule has 88 valence electrons. The number of hydrogen-bond donors (Lipinski definition) is 1. The van der Waals surface area contributed by atoms with Gasteiger partial charge in [0.1, 0.15) is 11.3 Å². The number of carbonyl (C=O) groups excluding carboxylic acids is 1. The van der Waals surface area contributed by atoms with E-state index < -0.39 is 0 Å². The molecule has 0 aromatic heterocycles. The summed E-state index contributed by atoms with van der Waals surface area (Å²) in [5, 5.41) is 0. The van der Waals surface area contributed by atoms with Crippen molar-refractivity contribution in [2.45, 2.75) is 13.8 Å². The Morgan fingerprint density at radius 2 is 2.12 bits per heavy atom. The largest absolute Gasteiger partial charge is 0.496 e.